The number of thiazole rings is 1. The number of hydrogen-bond acceptors (Lipinski definition) is 8. The summed E-state index contributed by atoms with van der Waals surface area (Å²) in [5.74, 6) is 1.32. The zero-order valence-electron chi connectivity index (χ0n) is 19.8. The third kappa shape index (κ3) is 5.63. The summed E-state index contributed by atoms with van der Waals surface area (Å²) in [5.41, 5.74) is 2.10. The van der Waals surface area contributed by atoms with Crippen molar-refractivity contribution in [2.75, 3.05) is 33.4 Å². The molecule has 1 aliphatic rings. The van der Waals surface area contributed by atoms with E-state index in [9.17, 15) is 8.42 Å². The lowest BCUT2D eigenvalue weighted by Crippen LogP contribution is -2.40. The van der Waals surface area contributed by atoms with E-state index >= 15 is 0 Å². The molecular formula is C25H23BrN4O5S2. The van der Waals surface area contributed by atoms with Gasteiger partial charge in [-0.1, -0.05) is 15.9 Å². The first-order valence-corrected chi connectivity index (χ1v) is 14.4. The van der Waals surface area contributed by atoms with Crippen LogP contribution in [0.4, 0.5) is 5.69 Å². The molecule has 1 saturated heterocycles. The number of furan rings is 1. The Kier molecular flexibility index (Phi) is 7.72. The van der Waals surface area contributed by atoms with Gasteiger partial charge in [0.2, 0.25) is 14.8 Å². The summed E-state index contributed by atoms with van der Waals surface area (Å²) in [6.07, 6.45) is 3.29. The molecule has 5 rings (SSSR count). The van der Waals surface area contributed by atoms with Crippen molar-refractivity contribution < 1.29 is 22.3 Å². The van der Waals surface area contributed by atoms with E-state index in [1.807, 2.05) is 35.7 Å². The zero-order chi connectivity index (χ0) is 25.8. The molecular weight excluding hydrogens is 580 g/mol. The van der Waals surface area contributed by atoms with Crippen LogP contribution in [0.2, 0.25) is 0 Å². The summed E-state index contributed by atoms with van der Waals surface area (Å²) in [4.78, 5) is 5.55. The number of sulfonamides is 1. The van der Waals surface area contributed by atoms with Crippen LogP contribution in [0.1, 0.15) is 5.56 Å². The van der Waals surface area contributed by atoms with Gasteiger partial charge in [-0.2, -0.15) is 9.41 Å². The van der Waals surface area contributed by atoms with Crippen LogP contribution in [0.25, 0.3) is 11.5 Å². The van der Waals surface area contributed by atoms with Crippen molar-refractivity contribution in [3.05, 3.63) is 81.1 Å². The average Bonchev–Trinajstić information content (AvgIpc) is 3.58. The minimum atomic E-state index is -3.58. The van der Waals surface area contributed by atoms with Gasteiger partial charge in [0.1, 0.15) is 11.4 Å². The number of aromatic nitrogens is 1. The maximum Gasteiger partial charge on any atom is 0.243 e. The molecule has 0 radical (unpaired) electrons. The molecule has 0 aliphatic carbocycles. The van der Waals surface area contributed by atoms with E-state index in [1.165, 1.54) is 15.6 Å². The minimum absolute atomic E-state index is 0.225. The largest absolute Gasteiger partial charge is 0.496 e. The highest BCUT2D eigenvalue weighted by molar-refractivity contribution is 9.10. The predicted octanol–water partition coefficient (Wildman–Crippen LogP) is 4.72. The lowest BCUT2D eigenvalue weighted by atomic mass is 10.2. The summed E-state index contributed by atoms with van der Waals surface area (Å²) in [7, 11) is -1.97. The van der Waals surface area contributed by atoms with Gasteiger partial charge < -0.3 is 13.9 Å². The van der Waals surface area contributed by atoms with E-state index in [0.29, 0.717) is 48.3 Å². The second-order valence-corrected chi connectivity index (χ2v) is 11.6. The molecule has 0 spiro atoms. The topological polar surface area (TPSA) is 98.6 Å². The highest BCUT2D eigenvalue weighted by atomic mass is 79.9. The van der Waals surface area contributed by atoms with E-state index in [2.05, 4.69) is 21.0 Å². The second kappa shape index (κ2) is 11.2. The van der Waals surface area contributed by atoms with Gasteiger partial charge in [0.25, 0.3) is 0 Å². The Bertz CT molecular complexity index is 1570. The number of rotatable bonds is 7. The lowest BCUT2D eigenvalue weighted by molar-refractivity contribution is 0.0730. The second-order valence-electron chi connectivity index (χ2n) is 7.95. The number of methoxy groups -OCH3 is 1. The highest BCUT2D eigenvalue weighted by Crippen LogP contribution is 2.25. The third-order valence-electron chi connectivity index (χ3n) is 5.63. The van der Waals surface area contributed by atoms with Crippen LogP contribution in [0.15, 0.2) is 90.1 Å². The smallest absolute Gasteiger partial charge is 0.243 e. The first-order chi connectivity index (χ1) is 18.0. The number of ether oxygens (including phenoxy) is 2. The molecule has 0 amide bonds. The van der Waals surface area contributed by atoms with Crippen LogP contribution in [0, 0.1) is 0 Å². The van der Waals surface area contributed by atoms with Gasteiger partial charge in [-0.3, -0.25) is 0 Å². The van der Waals surface area contributed by atoms with E-state index in [4.69, 9.17) is 18.9 Å². The molecule has 1 aliphatic heterocycles. The van der Waals surface area contributed by atoms with Gasteiger partial charge in [0.15, 0.2) is 5.76 Å². The molecule has 12 heteroatoms. The van der Waals surface area contributed by atoms with Crippen molar-refractivity contribution in [2.45, 2.75) is 4.90 Å². The maximum atomic E-state index is 12.9. The van der Waals surface area contributed by atoms with Crippen molar-refractivity contribution >= 4 is 49.2 Å². The van der Waals surface area contributed by atoms with Crippen molar-refractivity contribution in [3.8, 4) is 17.2 Å². The van der Waals surface area contributed by atoms with Crippen LogP contribution in [0.3, 0.4) is 0 Å². The fraction of sp³-hybridized carbons (Fsp3) is 0.200. The van der Waals surface area contributed by atoms with Crippen LogP contribution >= 0.6 is 27.3 Å². The number of nitrogens with zero attached hydrogens (tertiary/aromatic N) is 4. The Labute approximate surface area is 226 Å². The molecule has 37 heavy (non-hydrogen) atoms. The summed E-state index contributed by atoms with van der Waals surface area (Å²) in [6.45, 7) is 1.49. The van der Waals surface area contributed by atoms with Gasteiger partial charge in [0.05, 0.1) is 43.4 Å². The first kappa shape index (κ1) is 25.6. The number of benzene rings is 2. The summed E-state index contributed by atoms with van der Waals surface area (Å²) in [5, 5.41) is 6.60. The molecule has 2 aromatic heterocycles. The number of halogens is 1. The normalized spacial score (nSPS) is 15.5. The van der Waals surface area contributed by atoms with E-state index < -0.39 is 10.0 Å². The van der Waals surface area contributed by atoms with Crippen molar-refractivity contribution in [1.82, 2.24) is 8.98 Å². The quantitative estimate of drug-likeness (QED) is 0.285. The van der Waals surface area contributed by atoms with Crippen LogP contribution < -0.4 is 9.54 Å². The van der Waals surface area contributed by atoms with Gasteiger partial charge in [0, 0.05) is 28.5 Å². The van der Waals surface area contributed by atoms with Crippen molar-refractivity contribution in [2.24, 2.45) is 10.1 Å². The van der Waals surface area contributed by atoms with Crippen LogP contribution in [-0.2, 0) is 14.8 Å². The summed E-state index contributed by atoms with van der Waals surface area (Å²) in [6, 6.07) is 15.8. The van der Waals surface area contributed by atoms with Gasteiger partial charge >= 0.3 is 0 Å². The monoisotopic (exact) mass is 602 g/mol. The van der Waals surface area contributed by atoms with Crippen molar-refractivity contribution in [1.29, 1.82) is 0 Å². The Morgan fingerprint density at radius 3 is 2.59 bits per heavy atom. The Morgan fingerprint density at radius 1 is 1.11 bits per heavy atom. The molecule has 2 aromatic carbocycles. The SMILES string of the molecule is COc1ccc(Br)cc1C=Nn1c(-c2ccco2)csc1=Nc1ccc(S(=O)(=O)N2CCOCC2)cc1. The van der Waals surface area contributed by atoms with Crippen LogP contribution in [0.5, 0.6) is 5.75 Å². The number of morpholine rings is 1. The molecule has 9 nitrogen and oxygen atoms in total. The molecule has 0 unspecified atom stereocenters. The summed E-state index contributed by atoms with van der Waals surface area (Å²) < 4.78 is 46.2. The van der Waals surface area contributed by atoms with Crippen LogP contribution in [-0.4, -0.2) is 57.0 Å². The molecule has 1 fully saturated rings. The Balaban J connectivity index is 1.51. The molecule has 192 valence electrons. The van der Waals surface area contributed by atoms with Gasteiger partial charge in [-0.25, -0.2) is 18.1 Å². The molecule has 0 bridgehead atoms. The Morgan fingerprint density at radius 2 is 1.89 bits per heavy atom. The molecule has 4 aromatic rings. The van der Waals surface area contributed by atoms with Gasteiger partial charge in [-0.15, -0.1) is 11.3 Å². The third-order valence-corrected chi connectivity index (χ3v) is 8.85. The van der Waals surface area contributed by atoms with Gasteiger partial charge in [-0.05, 0) is 54.6 Å². The fourth-order valence-electron chi connectivity index (χ4n) is 3.75. The summed E-state index contributed by atoms with van der Waals surface area (Å²) >= 11 is 4.88. The van der Waals surface area contributed by atoms with E-state index in [1.54, 1.807) is 48.5 Å². The van der Waals surface area contributed by atoms with Crippen molar-refractivity contribution in [3.63, 3.8) is 0 Å². The predicted molar refractivity (Wildman–Crippen MR) is 145 cm³/mol. The molecule has 0 N–H and O–H groups in total. The standard InChI is InChI=1S/C25H23BrN4O5S2/c1-33-23-9-4-19(26)15-18(23)16-27-30-22(24-3-2-12-35-24)17-36-25(30)28-20-5-7-21(8-6-20)37(31,32)29-10-13-34-14-11-29/h2-9,12,15-17H,10-11,13-14H2,1H3. The molecule has 3 heterocycles. The van der Waals surface area contributed by atoms with E-state index in [0.717, 1.165) is 15.7 Å². The zero-order valence-corrected chi connectivity index (χ0v) is 23.0. The molecule has 0 saturated carbocycles. The van der Waals surface area contributed by atoms with E-state index in [-0.39, 0.29) is 4.90 Å². The molecule has 0 atom stereocenters. The maximum absolute atomic E-state index is 12.9. The Hall–Kier alpha value is -3.03. The number of hydrogen-bond donors (Lipinski definition) is 0. The average molecular weight is 604 g/mol. The lowest BCUT2D eigenvalue weighted by Gasteiger charge is -2.26. The fourth-order valence-corrected chi connectivity index (χ4v) is 6.37. The first-order valence-electron chi connectivity index (χ1n) is 11.3. The highest BCUT2D eigenvalue weighted by Gasteiger charge is 2.26. The minimum Gasteiger partial charge on any atom is -0.496 e.